The van der Waals surface area contributed by atoms with Crippen LogP contribution >= 0.6 is 0 Å². The van der Waals surface area contributed by atoms with Crippen molar-refractivity contribution in [1.82, 2.24) is 20.1 Å². The van der Waals surface area contributed by atoms with Gasteiger partial charge in [0, 0.05) is 25.2 Å². The topological polar surface area (TPSA) is 78.3 Å². The Kier molecular flexibility index (Phi) is 4.99. The van der Waals surface area contributed by atoms with Gasteiger partial charge in [-0.1, -0.05) is 6.07 Å². The zero-order valence-electron chi connectivity index (χ0n) is 14.7. The molecule has 2 aromatic heterocycles. The van der Waals surface area contributed by atoms with E-state index in [1.54, 1.807) is 12.4 Å². The van der Waals surface area contributed by atoms with E-state index in [1.807, 2.05) is 35.1 Å². The summed E-state index contributed by atoms with van der Waals surface area (Å²) >= 11 is 0. The van der Waals surface area contributed by atoms with Gasteiger partial charge in [0.25, 0.3) is 0 Å². The number of carbonyl (C=O) groups excluding carboxylic acids is 1. The summed E-state index contributed by atoms with van der Waals surface area (Å²) in [6, 6.07) is 7.60. The number of pyridine rings is 1. The van der Waals surface area contributed by atoms with Crippen molar-refractivity contribution in [3.63, 3.8) is 0 Å². The lowest BCUT2D eigenvalue weighted by molar-refractivity contribution is -0.132. The molecule has 7 heteroatoms. The second-order valence-corrected chi connectivity index (χ2v) is 7.10. The average Bonchev–Trinajstić information content (AvgIpc) is 3.28. The lowest BCUT2D eigenvalue weighted by Crippen LogP contribution is -2.52. The summed E-state index contributed by atoms with van der Waals surface area (Å²) in [4.78, 5) is 17.2. The number of aromatic nitrogens is 3. The first-order chi connectivity index (χ1) is 12.8. The molecular formula is C19H24N4O3. The van der Waals surface area contributed by atoms with Crippen LogP contribution in [-0.4, -0.2) is 46.0 Å². The number of hydrogen-bond acceptors (Lipinski definition) is 5. The van der Waals surface area contributed by atoms with Gasteiger partial charge < -0.3 is 14.8 Å². The van der Waals surface area contributed by atoms with E-state index in [4.69, 9.17) is 9.47 Å². The summed E-state index contributed by atoms with van der Waals surface area (Å²) in [5.41, 5.74) is 0.552. The lowest BCUT2D eigenvalue weighted by atomic mass is 10.0. The number of nitrogens with zero attached hydrogens (tertiary/aromatic N) is 3. The highest BCUT2D eigenvalue weighted by Gasteiger charge is 2.51. The minimum atomic E-state index is -0.324. The van der Waals surface area contributed by atoms with E-state index in [-0.39, 0.29) is 23.5 Å². The van der Waals surface area contributed by atoms with Crippen LogP contribution in [0.2, 0.25) is 0 Å². The minimum Gasteiger partial charge on any atom is -0.379 e. The van der Waals surface area contributed by atoms with Crippen LogP contribution in [0, 0.1) is 5.41 Å². The lowest BCUT2D eigenvalue weighted by Gasteiger charge is -2.33. The Bertz CT molecular complexity index is 716. The maximum absolute atomic E-state index is 12.9. The van der Waals surface area contributed by atoms with E-state index in [2.05, 4.69) is 15.4 Å². The van der Waals surface area contributed by atoms with Crippen molar-refractivity contribution in [2.24, 2.45) is 5.41 Å². The number of hydrogen-bond donors (Lipinski definition) is 1. The summed E-state index contributed by atoms with van der Waals surface area (Å²) in [6.07, 6.45) is 7.81. The normalized spacial score (nSPS) is 24.2. The van der Waals surface area contributed by atoms with E-state index >= 15 is 0 Å². The molecule has 0 bridgehead atoms. The summed E-state index contributed by atoms with van der Waals surface area (Å²) in [7, 11) is 0. The molecule has 2 atom stereocenters. The minimum absolute atomic E-state index is 0.0324. The van der Waals surface area contributed by atoms with E-state index in [0.29, 0.717) is 26.4 Å². The molecule has 1 saturated heterocycles. The van der Waals surface area contributed by atoms with Gasteiger partial charge in [0.05, 0.1) is 36.9 Å². The quantitative estimate of drug-likeness (QED) is 0.814. The van der Waals surface area contributed by atoms with Gasteiger partial charge in [0.1, 0.15) is 6.10 Å². The number of rotatable bonds is 7. The Morgan fingerprint density at radius 2 is 2.27 bits per heavy atom. The summed E-state index contributed by atoms with van der Waals surface area (Å²) in [5, 5.41) is 7.45. The SMILES string of the molecule is O=C(N[C@@H]1CCOC[C@H]1OCc1ccccn1)C1(Cn2cccn2)CC1. The Morgan fingerprint density at radius 1 is 1.35 bits per heavy atom. The molecule has 138 valence electrons. The molecule has 26 heavy (non-hydrogen) atoms. The third-order valence-corrected chi connectivity index (χ3v) is 5.15. The summed E-state index contributed by atoms with van der Waals surface area (Å²) in [5.74, 6) is 0.103. The van der Waals surface area contributed by atoms with Crippen LogP contribution in [0.3, 0.4) is 0 Å². The Morgan fingerprint density at radius 3 is 3.00 bits per heavy atom. The highest BCUT2D eigenvalue weighted by Crippen LogP contribution is 2.47. The van der Waals surface area contributed by atoms with Crippen molar-refractivity contribution in [2.45, 2.75) is 44.6 Å². The fourth-order valence-electron chi connectivity index (χ4n) is 3.35. The third kappa shape index (κ3) is 3.94. The maximum atomic E-state index is 12.9. The molecule has 1 amide bonds. The Balaban J connectivity index is 1.35. The van der Waals surface area contributed by atoms with Crippen LogP contribution in [0.15, 0.2) is 42.9 Å². The van der Waals surface area contributed by atoms with Gasteiger partial charge in [0.15, 0.2) is 0 Å². The fourth-order valence-corrected chi connectivity index (χ4v) is 3.35. The third-order valence-electron chi connectivity index (χ3n) is 5.15. The first-order valence-electron chi connectivity index (χ1n) is 9.13. The van der Waals surface area contributed by atoms with Crippen LogP contribution in [0.5, 0.6) is 0 Å². The highest BCUT2D eigenvalue weighted by molar-refractivity contribution is 5.85. The second-order valence-electron chi connectivity index (χ2n) is 7.10. The van der Waals surface area contributed by atoms with Crippen molar-refractivity contribution in [2.75, 3.05) is 13.2 Å². The van der Waals surface area contributed by atoms with Crippen LogP contribution in [-0.2, 0) is 27.4 Å². The van der Waals surface area contributed by atoms with E-state index < -0.39 is 0 Å². The van der Waals surface area contributed by atoms with Gasteiger partial charge in [-0.25, -0.2) is 0 Å². The molecule has 1 aliphatic carbocycles. The largest absolute Gasteiger partial charge is 0.379 e. The molecule has 4 rings (SSSR count). The molecule has 0 spiro atoms. The first-order valence-corrected chi connectivity index (χ1v) is 9.13. The standard InChI is InChI=1S/C19H24N4O3/c24-18(19(6-7-19)14-23-10-3-9-21-23)22-16-5-11-25-13-17(16)26-12-15-4-1-2-8-20-15/h1-4,8-10,16-17H,5-7,11-14H2,(H,22,24)/t16-,17-/m1/s1. The van der Waals surface area contributed by atoms with Gasteiger partial charge in [0.2, 0.25) is 5.91 Å². The molecule has 0 unspecified atom stereocenters. The molecule has 2 aromatic rings. The van der Waals surface area contributed by atoms with Crippen molar-refractivity contribution in [3.8, 4) is 0 Å². The predicted molar refractivity (Wildman–Crippen MR) is 94.1 cm³/mol. The van der Waals surface area contributed by atoms with Gasteiger partial charge in [-0.2, -0.15) is 5.10 Å². The molecule has 2 aliphatic rings. The van der Waals surface area contributed by atoms with Gasteiger partial charge in [-0.15, -0.1) is 0 Å². The van der Waals surface area contributed by atoms with Crippen LogP contribution < -0.4 is 5.32 Å². The van der Waals surface area contributed by atoms with E-state index in [0.717, 1.165) is 25.0 Å². The molecule has 2 fully saturated rings. The molecule has 1 saturated carbocycles. The number of amides is 1. The van der Waals surface area contributed by atoms with Crippen LogP contribution in [0.4, 0.5) is 0 Å². The van der Waals surface area contributed by atoms with E-state index in [9.17, 15) is 4.79 Å². The van der Waals surface area contributed by atoms with Gasteiger partial charge >= 0.3 is 0 Å². The number of nitrogens with one attached hydrogen (secondary N) is 1. The zero-order chi connectivity index (χ0) is 17.8. The molecule has 1 N–H and O–H groups in total. The molecule has 7 nitrogen and oxygen atoms in total. The van der Waals surface area contributed by atoms with Crippen molar-refractivity contribution in [1.29, 1.82) is 0 Å². The molecule has 0 radical (unpaired) electrons. The average molecular weight is 356 g/mol. The molecule has 3 heterocycles. The summed E-state index contributed by atoms with van der Waals surface area (Å²) < 4.78 is 13.4. The first kappa shape index (κ1) is 17.2. The number of ether oxygens (including phenoxy) is 2. The van der Waals surface area contributed by atoms with Crippen molar-refractivity contribution in [3.05, 3.63) is 48.5 Å². The maximum Gasteiger partial charge on any atom is 0.228 e. The summed E-state index contributed by atoms with van der Waals surface area (Å²) in [6.45, 7) is 2.18. The van der Waals surface area contributed by atoms with Crippen molar-refractivity contribution < 1.29 is 14.3 Å². The Hall–Kier alpha value is -2.25. The molecule has 0 aromatic carbocycles. The van der Waals surface area contributed by atoms with Crippen molar-refractivity contribution >= 4 is 5.91 Å². The van der Waals surface area contributed by atoms with Gasteiger partial charge in [-0.05, 0) is 37.5 Å². The number of carbonyl (C=O) groups is 1. The monoisotopic (exact) mass is 356 g/mol. The van der Waals surface area contributed by atoms with Crippen LogP contribution in [0.1, 0.15) is 25.0 Å². The highest BCUT2D eigenvalue weighted by atomic mass is 16.5. The second kappa shape index (κ2) is 7.55. The smallest absolute Gasteiger partial charge is 0.228 e. The van der Waals surface area contributed by atoms with Gasteiger partial charge in [-0.3, -0.25) is 14.5 Å². The zero-order valence-corrected chi connectivity index (χ0v) is 14.7. The molecule has 1 aliphatic heterocycles. The van der Waals surface area contributed by atoms with Crippen LogP contribution in [0.25, 0.3) is 0 Å². The fraction of sp³-hybridized carbons (Fsp3) is 0.526. The molecular weight excluding hydrogens is 332 g/mol. The predicted octanol–water partition coefficient (Wildman–Crippen LogP) is 1.55. The van der Waals surface area contributed by atoms with E-state index in [1.165, 1.54) is 0 Å². The Labute approximate surface area is 152 Å².